The van der Waals surface area contributed by atoms with Gasteiger partial charge in [-0.2, -0.15) is 4.31 Å². The van der Waals surface area contributed by atoms with Crippen molar-refractivity contribution in [3.05, 3.63) is 52.5 Å². The largest absolute Gasteiger partial charge is 0.340 e. The number of hydrogen-bond acceptors (Lipinski definition) is 9. The Bertz CT molecular complexity index is 1490. The number of hydrogen-bond donors (Lipinski definition) is 1. The zero-order valence-electron chi connectivity index (χ0n) is 20.7. The normalized spacial score (nSPS) is 20.7. The van der Waals surface area contributed by atoms with Crippen LogP contribution in [-0.2, 0) is 19.6 Å². The van der Waals surface area contributed by atoms with E-state index in [2.05, 4.69) is 10.3 Å². The van der Waals surface area contributed by atoms with E-state index in [0.29, 0.717) is 11.3 Å². The average Bonchev–Trinajstić information content (AvgIpc) is 3.65. The van der Waals surface area contributed by atoms with Crippen LogP contribution in [0.4, 0.5) is 0 Å². The molecule has 0 aliphatic carbocycles. The van der Waals surface area contributed by atoms with Gasteiger partial charge in [0.15, 0.2) is 5.78 Å². The number of nitrogens with zero attached hydrogens (tertiary/aromatic N) is 3. The van der Waals surface area contributed by atoms with Crippen molar-refractivity contribution < 1.29 is 27.6 Å². The van der Waals surface area contributed by atoms with Crippen LogP contribution in [0.3, 0.4) is 0 Å². The lowest BCUT2D eigenvalue weighted by Crippen LogP contribution is -2.53. The molecule has 2 fully saturated rings. The van der Waals surface area contributed by atoms with Crippen LogP contribution in [0.25, 0.3) is 9.40 Å². The van der Waals surface area contributed by atoms with Gasteiger partial charge in [0.25, 0.3) is 21.0 Å². The Morgan fingerprint density at radius 2 is 2.00 bits per heavy atom. The number of Topliss-reactive ketones (excluding diaryl/α,β-unsaturated/α-hetero) is 1. The monoisotopic (exact) mass is 574 g/mol. The number of ketones is 1. The highest BCUT2D eigenvalue weighted by atomic mass is 32.2. The van der Waals surface area contributed by atoms with Crippen LogP contribution in [0, 0.1) is 5.92 Å². The van der Waals surface area contributed by atoms with Gasteiger partial charge in [-0.15, -0.1) is 22.7 Å². The summed E-state index contributed by atoms with van der Waals surface area (Å²) in [6.07, 6.45) is 3.15. The Morgan fingerprint density at radius 3 is 2.68 bits per heavy atom. The Hall–Kier alpha value is -3.00. The molecule has 0 saturated carbocycles. The maximum absolute atomic E-state index is 13.7. The molecule has 3 atom stereocenters. The molecule has 200 valence electrons. The van der Waals surface area contributed by atoms with E-state index in [1.165, 1.54) is 45.9 Å². The van der Waals surface area contributed by atoms with Crippen LogP contribution in [0.15, 0.2) is 42.0 Å². The van der Waals surface area contributed by atoms with Crippen LogP contribution in [0.2, 0.25) is 0 Å². The van der Waals surface area contributed by atoms with Crippen LogP contribution in [0.1, 0.15) is 46.7 Å². The second kappa shape index (κ2) is 10.3. The third-order valence-corrected chi connectivity index (χ3v) is 10.6. The molecule has 10 nitrogen and oxygen atoms in total. The number of fused-ring (bicyclic) bond motifs is 2. The molecule has 13 heteroatoms. The second-order valence-electron chi connectivity index (χ2n) is 9.79. The van der Waals surface area contributed by atoms with E-state index in [-0.39, 0.29) is 30.4 Å². The number of rotatable bonds is 7. The second-order valence-corrected chi connectivity index (χ2v) is 13.6. The molecule has 1 N–H and O–H groups in total. The SMILES string of the molecule is CC(C)CC(NC(=O)c1cc2sccc2s1)C(=O)N1CCC2C1C(=O)CN2S(=O)(=O)C(=O)c1cccnc1. The van der Waals surface area contributed by atoms with Crippen molar-refractivity contribution in [1.82, 2.24) is 19.5 Å². The van der Waals surface area contributed by atoms with Crippen molar-refractivity contribution in [2.24, 2.45) is 5.92 Å². The fourth-order valence-corrected chi connectivity index (χ4v) is 8.60. The summed E-state index contributed by atoms with van der Waals surface area (Å²) in [5.74, 6) is -1.17. The van der Waals surface area contributed by atoms with Crippen LogP contribution >= 0.6 is 22.7 Å². The van der Waals surface area contributed by atoms with Crippen LogP contribution in [-0.4, -0.2) is 76.5 Å². The summed E-state index contributed by atoms with van der Waals surface area (Å²) < 4.78 is 29.2. The standard InChI is InChI=1S/C25H26N4O6S3/c1-14(2)10-16(27-23(31)21-11-20-19(37-21)6-9-36-20)24(32)28-8-5-17-22(28)18(30)13-29(17)38(34,35)25(33)15-4-3-7-26-12-15/h3-4,6-7,9,11-12,14,16-17,22H,5,8,10,13H2,1-2H3,(H,27,31). The van der Waals surface area contributed by atoms with E-state index >= 15 is 0 Å². The molecule has 38 heavy (non-hydrogen) atoms. The molecule has 3 aromatic rings. The Kier molecular flexibility index (Phi) is 7.20. The van der Waals surface area contributed by atoms with E-state index in [0.717, 1.165) is 19.9 Å². The van der Waals surface area contributed by atoms with Gasteiger partial charge in [0.1, 0.15) is 12.1 Å². The van der Waals surface area contributed by atoms with Crippen molar-refractivity contribution in [3.63, 3.8) is 0 Å². The molecule has 3 aromatic heterocycles. The molecule has 0 aromatic carbocycles. The first-order valence-electron chi connectivity index (χ1n) is 12.1. The third-order valence-electron chi connectivity index (χ3n) is 6.77. The number of likely N-dealkylation sites (tertiary alicyclic amines) is 1. The minimum absolute atomic E-state index is 0.0720. The van der Waals surface area contributed by atoms with Crippen molar-refractivity contribution >= 4 is 64.8 Å². The summed E-state index contributed by atoms with van der Waals surface area (Å²) in [6, 6.07) is 3.83. The highest BCUT2D eigenvalue weighted by molar-refractivity contribution is 8.04. The third kappa shape index (κ3) is 4.79. The average molecular weight is 575 g/mol. The molecule has 5 rings (SSSR count). The van der Waals surface area contributed by atoms with Gasteiger partial charge in [0, 0.05) is 28.3 Å². The van der Waals surface area contributed by atoms with Gasteiger partial charge in [0.05, 0.1) is 23.0 Å². The number of amides is 2. The van der Waals surface area contributed by atoms with E-state index in [1.807, 2.05) is 25.3 Å². The fourth-order valence-electron chi connectivity index (χ4n) is 5.08. The summed E-state index contributed by atoms with van der Waals surface area (Å²) in [7, 11) is -4.50. The van der Waals surface area contributed by atoms with Gasteiger partial charge in [-0.3, -0.25) is 24.2 Å². The van der Waals surface area contributed by atoms with Gasteiger partial charge >= 0.3 is 0 Å². The summed E-state index contributed by atoms with van der Waals surface area (Å²) in [4.78, 5) is 58.2. The summed E-state index contributed by atoms with van der Waals surface area (Å²) in [5.41, 5.74) is -0.0949. The van der Waals surface area contributed by atoms with E-state index < -0.39 is 51.5 Å². The predicted octanol–water partition coefficient (Wildman–Crippen LogP) is 2.53. The minimum Gasteiger partial charge on any atom is -0.340 e. The lowest BCUT2D eigenvalue weighted by atomic mass is 10.0. The number of pyridine rings is 1. The molecule has 3 unspecified atom stereocenters. The number of aromatic nitrogens is 1. The van der Waals surface area contributed by atoms with Crippen LogP contribution < -0.4 is 5.32 Å². The first-order chi connectivity index (χ1) is 18.1. The zero-order chi connectivity index (χ0) is 27.2. The van der Waals surface area contributed by atoms with E-state index in [4.69, 9.17) is 0 Å². The number of carbonyl (C=O) groups excluding carboxylic acids is 4. The highest BCUT2D eigenvalue weighted by Gasteiger charge is 2.55. The van der Waals surface area contributed by atoms with E-state index in [9.17, 15) is 27.6 Å². The summed E-state index contributed by atoms with van der Waals surface area (Å²) in [6.45, 7) is 3.52. The minimum atomic E-state index is -4.50. The highest BCUT2D eigenvalue weighted by Crippen LogP contribution is 2.34. The lowest BCUT2D eigenvalue weighted by molar-refractivity contribution is -0.138. The van der Waals surface area contributed by atoms with Crippen molar-refractivity contribution in [2.75, 3.05) is 13.1 Å². The van der Waals surface area contributed by atoms with Gasteiger partial charge in [0.2, 0.25) is 5.91 Å². The van der Waals surface area contributed by atoms with Gasteiger partial charge in [-0.1, -0.05) is 13.8 Å². The maximum atomic E-state index is 13.7. The molecular weight excluding hydrogens is 548 g/mol. The van der Waals surface area contributed by atoms with Gasteiger partial charge < -0.3 is 10.2 Å². The molecule has 2 saturated heterocycles. The fraction of sp³-hybridized carbons (Fsp3) is 0.400. The van der Waals surface area contributed by atoms with Crippen molar-refractivity contribution in [3.8, 4) is 0 Å². The van der Waals surface area contributed by atoms with Crippen LogP contribution in [0.5, 0.6) is 0 Å². The molecule has 0 spiro atoms. The lowest BCUT2D eigenvalue weighted by Gasteiger charge is -2.29. The first-order valence-corrected chi connectivity index (χ1v) is 15.3. The quantitative estimate of drug-likeness (QED) is 0.458. The number of nitrogens with one attached hydrogen (secondary N) is 1. The van der Waals surface area contributed by atoms with Crippen molar-refractivity contribution in [1.29, 1.82) is 0 Å². The smallest absolute Gasteiger partial charge is 0.293 e. The molecule has 5 heterocycles. The van der Waals surface area contributed by atoms with Gasteiger partial charge in [-0.25, -0.2) is 8.42 Å². The number of sulfonamides is 1. The Labute approximate surface area is 227 Å². The molecule has 0 radical (unpaired) electrons. The number of carbonyl (C=O) groups is 4. The molecular formula is C25H26N4O6S3. The first kappa shape index (κ1) is 26.6. The number of thiophene rings is 2. The molecule has 0 bridgehead atoms. The molecule has 2 amide bonds. The van der Waals surface area contributed by atoms with Gasteiger partial charge in [-0.05, 0) is 48.4 Å². The predicted molar refractivity (Wildman–Crippen MR) is 144 cm³/mol. The maximum Gasteiger partial charge on any atom is 0.293 e. The molecule has 2 aliphatic rings. The molecule has 2 aliphatic heterocycles. The van der Waals surface area contributed by atoms with Crippen molar-refractivity contribution in [2.45, 2.75) is 44.8 Å². The van der Waals surface area contributed by atoms with E-state index in [1.54, 1.807) is 6.07 Å². The zero-order valence-corrected chi connectivity index (χ0v) is 23.1. The Balaban J connectivity index is 1.35. The summed E-state index contributed by atoms with van der Waals surface area (Å²) in [5, 5.41) is 3.66. The summed E-state index contributed by atoms with van der Waals surface area (Å²) >= 11 is 2.88. The Morgan fingerprint density at radius 1 is 1.21 bits per heavy atom. The topological polar surface area (TPSA) is 134 Å².